The van der Waals surface area contributed by atoms with Crippen LogP contribution in [0.3, 0.4) is 0 Å². The minimum atomic E-state index is -4.31. The zero-order valence-corrected chi connectivity index (χ0v) is 4.59. The zero-order valence-electron chi connectivity index (χ0n) is 4.59. The summed E-state index contributed by atoms with van der Waals surface area (Å²) in [6, 6.07) is 0. The molecule has 0 saturated heterocycles. The molecule has 0 unspecified atom stereocenters. The quantitative estimate of drug-likeness (QED) is 0.451. The fourth-order valence-electron chi connectivity index (χ4n) is 0.127. The molecule has 0 bridgehead atoms. The van der Waals surface area contributed by atoms with Gasteiger partial charge in [-0.2, -0.15) is 17.6 Å². The van der Waals surface area contributed by atoms with Crippen molar-refractivity contribution in [3.63, 3.8) is 0 Å². The predicted molar refractivity (Wildman–Crippen MR) is 24.4 cm³/mol. The molecular formula is C4H5F4N. The van der Waals surface area contributed by atoms with Crippen LogP contribution in [0.5, 0.6) is 0 Å². The van der Waals surface area contributed by atoms with Crippen molar-refractivity contribution in [2.75, 3.05) is 0 Å². The average Bonchev–Trinajstić information content (AvgIpc) is 1.64. The van der Waals surface area contributed by atoms with Gasteiger partial charge in [-0.15, -0.1) is 0 Å². The number of hydrogen-bond acceptors (Lipinski definition) is 1. The van der Waals surface area contributed by atoms with Gasteiger partial charge in [0.05, 0.1) is 6.21 Å². The van der Waals surface area contributed by atoms with E-state index >= 15 is 0 Å². The lowest BCUT2D eigenvalue weighted by atomic mass is 10.2. The Labute approximate surface area is 49.2 Å². The third-order valence-electron chi connectivity index (χ3n) is 0.767. The van der Waals surface area contributed by atoms with Gasteiger partial charge in [0.15, 0.2) is 0 Å². The minimum absolute atomic E-state index is 0.0675. The summed E-state index contributed by atoms with van der Waals surface area (Å²) in [5.41, 5.74) is 0. The molecule has 0 amide bonds. The fourth-order valence-corrected chi connectivity index (χ4v) is 0.127. The predicted octanol–water partition coefficient (Wildman–Crippen LogP) is 1.93. The lowest BCUT2D eigenvalue weighted by molar-refractivity contribution is -0.150. The lowest BCUT2D eigenvalue weighted by Crippen LogP contribution is -2.38. The second kappa shape index (κ2) is 1.97. The van der Waals surface area contributed by atoms with E-state index in [0.29, 0.717) is 0 Å². The molecule has 0 aliphatic rings. The second-order valence-electron chi connectivity index (χ2n) is 1.66. The van der Waals surface area contributed by atoms with Crippen LogP contribution in [0.15, 0.2) is 0 Å². The van der Waals surface area contributed by atoms with E-state index in [2.05, 4.69) is 0 Å². The molecule has 0 spiro atoms. The van der Waals surface area contributed by atoms with E-state index in [1.54, 1.807) is 0 Å². The van der Waals surface area contributed by atoms with Crippen LogP contribution in [-0.2, 0) is 0 Å². The molecule has 0 aromatic carbocycles. The van der Waals surface area contributed by atoms with E-state index in [1.165, 1.54) is 0 Å². The number of alkyl halides is 4. The van der Waals surface area contributed by atoms with Crippen molar-refractivity contribution in [1.82, 2.24) is 0 Å². The van der Waals surface area contributed by atoms with Crippen molar-refractivity contribution in [2.24, 2.45) is 0 Å². The summed E-state index contributed by atoms with van der Waals surface area (Å²) in [5.74, 6) is -8.44. The minimum Gasteiger partial charge on any atom is -0.307 e. The highest BCUT2D eigenvalue weighted by molar-refractivity contribution is 5.64. The highest BCUT2D eigenvalue weighted by Crippen LogP contribution is 2.31. The van der Waals surface area contributed by atoms with E-state index in [-0.39, 0.29) is 6.92 Å². The summed E-state index contributed by atoms with van der Waals surface area (Å²) < 4.78 is 46.5. The first-order valence-corrected chi connectivity index (χ1v) is 2.08. The Kier molecular flexibility index (Phi) is 1.83. The fraction of sp³-hybridized carbons (Fsp3) is 0.750. The van der Waals surface area contributed by atoms with Crippen molar-refractivity contribution >= 4 is 6.21 Å². The Morgan fingerprint density at radius 2 is 1.56 bits per heavy atom. The molecule has 0 fully saturated rings. The smallest absolute Gasteiger partial charge is 0.307 e. The van der Waals surface area contributed by atoms with Crippen LogP contribution in [0.4, 0.5) is 17.6 Å². The molecule has 0 aromatic rings. The SMILES string of the molecule is CC(F)(F)C(F)(F)C=N. The highest BCUT2D eigenvalue weighted by atomic mass is 19.3. The maximum absolute atomic E-state index is 11.7. The van der Waals surface area contributed by atoms with Crippen molar-refractivity contribution in [1.29, 1.82) is 5.41 Å². The van der Waals surface area contributed by atoms with E-state index in [4.69, 9.17) is 5.41 Å². The van der Waals surface area contributed by atoms with Gasteiger partial charge in [-0.05, 0) is 0 Å². The van der Waals surface area contributed by atoms with Gasteiger partial charge < -0.3 is 5.41 Å². The van der Waals surface area contributed by atoms with Gasteiger partial charge in [-0.3, -0.25) is 0 Å². The molecule has 1 nitrogen and oxygen atoms in total. The van der Waals surface area contributed by atoms with Gasteiger partial charge in [-0.1, -0.05) is 0 Å². The molecule has 0 radical (unpaired) electrons. The Morgan fingerprint density at radius 3 is 1.56 bits per heavy atom. The van der Waals surface area contributed by atoms with E-state index in [0.717, 1.165) is 0 Å². The van der Waals surface area contributed by atoms with Gasteiger partial charge in [0.2, 0.25) is 0 Å². The number of rotatable bonds is 2. The molecule has 0 heterocycles. The van der Waals surface area contributed by atoms with Crippen molar-refractivity contribution in [2.45, 2.75) is 18.8 Å². The molecule has 0 atom stereocenters. The summed E-state index contributed by atoms with van der Waals surface area (Å²) in [6.45, 7) is 0.0675. The summed E-state index contributed by atoms with van der Waals surface area (Å²) in [4.78, 5) is 0. The Balaban J connectivity index is 4.32. The molecule has 0 saturated carbocycles. The van der Waals surface area contributed by atoms with Crippen LogP contribution < -0.4 is 0 Å². The van der Waals surface area contributed by atoms with Gasteiger partial charge in [-0.25, -0.2) is 0 Å². The standard InChI is InChI=1S/C4H5F4N/c1-3(5,6)4(7,8)2-9/h2,9H,1H3. The van der Waals surface area contributed by atoms with Crippen molar-refractivity contribution in [3.8, 4) is 0 Å². The summed E-state index contributed by atoms with van der Waals surface area (Å²) in [7, 11) is 0. The Bertz CT molecular complexity index is 114. The topological polar surface area (TPSA) is 23.9 Å². The van der Waals surface area contributed by atoms with Crippen LogP contribution >= 0.6 is 0 Å². The largest absolute Gasteiger partial charge is 0.344 e. The van der Waals surface area contributed by atoms with Crippen molar-refractivity contribution in [3.05, 3.63) is 0 Å². The Hall–Kier alpha value is -0.610. The summed E-state index contributed by atoms with van der Waals surface area (Å²) in [5, 5.41) is 5.91. The maximum atomic E-state index is 11.7. The van der Waals surface area contributed by atoms with E-state index in [9.17, 15) is 17.6 Å². The number of hydrogen-bond donors (Lipinski definition) is 1. The Morgan fingerprint density at radius 1 is 1.22 bits per heavy atom. The van der Waals surface area contributed by atoms with Gasteiger partial charge >= 0.3 is 11.8 Å². The normalized spacial score (nSPS) is 13.4. The molecule has 0 rings (SSSR count). The van der Waals surface area contributed by atoms with Crippen LogP contribution in [-0.4, -0.2) is 18.1 Å². The summed E-state index contributed by atoms with van der Waals surface area (Å²) >= 11 is 0. The second-order valence-corrected chi connectivity index (χ2v) is 1.66. The maximum Gasteiger partial charge on any atom is 0.344 e. The molecule has 0 aliphatic carbocycles. The first-order chi connectivity index (χ1) is 3.81. The van der Waals surface area contributed by atoms with E-state index < -0.39 is 18.1 Å². The number of nitrogens with one attached hydrogen (secondary N) is 1. The van der Waals surface area contributed by atoms with Gasteiger partial charge in [0.1, 0.15) is 0 Å². The van der Waals surface area contributed by atoms with Gasteiger partial charge in [0, 0.05) is 6.92 Å². The third-order valence-corrected chi connectivity index (χ3v) is 0.767. The van der Waals surface area contributed by atoms with Crippen LogP contribution in [0.2, 0.25) is 0 Å². The average molecular weight is 143 g/mol. The van der Waals surface area contributed by atoms with Crippen LogP contribution in [0.25, 0.3) is 0 Å². The number of halogens is 4. The molecule has 54 valence electrons. The summed E-state index contributed by atoms with van der Waals surface area (Å²) in [6.07, 6.45) is -0.562. The monoisotopic (exact) mass is 143 g/mol. The van der Waals surface area contributed by atoms with Gasteiger partial charge in [0.25, 0.3) is 0 Å². The first-order valence-electron chi connectivity index (χ1n) is 2.08. The molecule has 1 N–H and O–H groups in total. The van der Waals surface area contributed by atoms with E-state index in [1.807, 2.05) is 0 Å². The zero-order chi connectivity index (χ0) is 7.71. The molecule has 9 heavy (non-hydrogen) atoms. The van der Waals surface area contributed by atoms with Crippen LogP contribution in [0, 0.1) is 5.41 Å². The molecule has 5 heteroatoms. The highest BCUT2D eigenvalue weighted by Gasteiger charge is 2.50. The van der Waals surface area contributed by atoms with Crippen LogP contribution in [0.1, 0.15) is 6.92 Å². The first kappa shape index (κ1) is 8.39. The third kappa shape index (κ3) is 1.65. The molecule has 0 aliphatic heterocycles. The molecular weight excluding hydrogens is 138 g/mol. The van der Waals surface area contributed by atoms with Crippen molar-refractivity contribution < 1.29 is 17.6 Å². The lowest BCUT2D eigenvalue weighted by Gasteiger charge is -2.17. The molecule has 0 aromatic heterocycles.